The molecule has 0 heterocycles. The van der Waals surface area contributed by atoms with E-state index in [1.54, 1.807) is 0 Å². The molecule has 0 aliphatic heterocycles. The van der Waals surface area contributed by atoms with Crippen LogP contribution in [0.15, 0.2) is 0 Å². The van der Waals surface area contributed by atoms with Crippen molar-refractivity contribution in [2.75, 3.05) is 0 Å². The third kappa shape index (κ3) is 3.45. The first-order valence-corrected chi connectivity index (χ1v) is 7.55. The Morgan fingerprint density at radius 2 is 2.06 bits per heavy atom. The van der Waals surface area contributed by atoms with Crippen molar-refractivity contribution in [1.82, 2.24) is 0 Å². The number of hydrogen-bond donors (Lipinski definition) is 0. The van der Waals surface area contributed by atoms with Gasteiger partial charge in [0.1, 0.15) is 0 Å². The van der Waals surface area contributed by atoms with Crippen molar-refractivity contribution in [1.29, 1.82) is 0 Å². The normalized spacial score (nSPS) is 39.0. The summed E-state index contributed by atoms with van der Waals surface area (Å²) in [6.45, 7) is 18.1. The van der Waals surface area contributed by atoms with Gasteiger partial charge < -0.3 is 0 Å². The molecule has 1 saturated carbocycles. The zero-order chi connectivity index (χ0) is 13.1. The molecular formula is C16H31B. The maximum atomic E-state index is 3.85. The summed E-state index contributed by atoms with van der Waals surface area (Å²) >= 11 is 0. The summed E-state index contributed by atoms with van der Waals surface area (Å²) in [6.07, 6.45) is 6.77. The molecular weight excluding hydrogens is 203 g/mol. The van der Waals surface area contributed by atoms with E-state index in [4.69, 9.17) is 0 Å². The molecule has 0 bridgehead atoms. The van der Waals surface area contributed by atoms with Crippen molar-refractivity contribution >= 4 is 13.4 Å². The molecule has 1 fully saturated rings. The predicted molar refractivity (Wildman–Crippen MR) is 80.9 cm³/mol. The maximum absolute atomic E-state index is 3.85. The van der Waals surface area contributed by atoms with E-state index in [2.05, 4.69) is 48.0 Å². The molecule has 0 radical (unpaired) electrons. The SMILES string of the molecule is C=BCC(C)CCC1(C)CC(CC)C(C)C1C. The fourth-order valence-electron chi connectivity index (χ4n) is 3.84. The first-order chi connectivity index (χ1) is 7.94. The van der Waals surface area contributed by atoms with Crippen LogP contribution in [0.3, 0.4) is 0 Å². The molecule has 0 aromatic carbocycles. The second-order valence-corrected chi connectivity index (χ2v) is 6.84. The van der Waals surface area contributed by atoms with Gasteiger partial charge in [0.2, 0.25) is 0 Å². The molecule has 1 aliphatic rings. The van der Waals surface area contributed by atoms with E-state index in [-0.39, 0.29) is 0 Å². The van der Waals surface area contributed by atoms with Crippen LogP contribution in [0.5, 0.6) is 0 Å². The van der Waals surface area contributed by atoms with E-state index in [0.717, 1.165) is 23.7 Å². The summed E-state index contributed by atoms with van der Waals surface area (Å²) in [5.74, 6) is 3.58. The summed E-state index contributed by atoms with van der Waals surface area (Å²) in [7, 11) is 0. The second kappa shape index (κ2) is 6.20. The molecule has 98 valence electrons. The van der Waals surface area contributed by atoms with Crippen molar-refractivity contribution in [2.24, 2.45) is 29.1 Å². The first kappa shape index (κ1) is 15.0. The average molecular weight is 234 g/mol. The van der Waals surface area contributed by atoms with Gasteiger partial charge in [-0.05, 0) is 0 Å². The van der Waals surface area contributed by atoms with Crippen LogP contribution in [0.2, 0.25) is 6.32 Å². The van der Waals surface area contributed by atoms with Gasteiger partial charge in [0.05, 0.1) is 0 Å². The van der Waals surface area contributed by atoms with Crippen LogP contribution in [-0.4, -0.2) is 13.4 Å². The fourth-order valence-corrected chi connectivity index (χ4v) is 3.84. The van der Waals surface area contributed by atoms with Gasteiger partial charge in [-0.15, -0.1) is 0 Å². The zero-order valence-corrected chi connectivity index (χ0v) is 12.6. The Balaban J connectivity index is 2.54. The quantitative estimate of drug-likeness (QED) is 0.586. The molecule has 0 aromatic heterocycles. The molecule has 1 aliphatic carbocycles. The molecule has 0 N–H and O–H groups in total. The molecule has 5 unspecified atom stereocenters. The molecule has 0 saturated heterocycles. The molecule has 1 heteroatoms. The third-order valence-corrected chi connectivity index (χ3v) is 5.66. The predicted octanol–water partition coefficient (Wildman–Crippen LogP) is 4.67. The van der Waals surface area contributed by atoms with Crippen molar-refractivity contribution in [3.8, 4) is 0 Å². The van der Waals surface area contributed by atoms with E-state index in [9.17, 15) is 0 Å². The van der Waals surface area contributed by atoms with E-state index >= 15 is 0 Å². The van der Waals surface area contributed by atoms with E-state index in [1.807, 2.05) is 0 Å². The third-order valence-electron chi connectivity index (χ3n) is 5.66. The minimum absolute atomic E-state index is 0.593. The number of rotatable bonds is 6. The van der Waals surface area contributed by atoms with Crippen LogP contribution in [-0.2, 0) is 0 Å². The Bertz CT molecular complexity index is 248. The van der Waals surface area contributed by atoms with Crippen LogP contribution in [0.1, 0.15) is 60.3 Å². The van der Waals surface area contributed by atoms with E-state index in [1.165, 1.54) is 32.0 Å². The van der Waals surface area contributed by atoms with Gasteiger partial charge in [0.25, 0.3) is 0 Å². The van der Waals surface area contributed by atoms with Gasteiger partial charge in [0.15, 0.2) is 0 Å². The standard InChI is InChI=1S/C16H31B/c1-7-15-10-16(5,14(4)13(15)3)9-8-12(2)11-17-6/h12-15H,6-11H2,1-5H3. The molecule has 0 spiro atoms. The summed E-state index contributed by atoms with van der Waals surface area (Å²) in [5, 5.41) is 0. The minimum atomic E-state index is 0.593. The molecule has 0 aromatic rings. The summed E-state index contributed by atoms with van der Waals surface area (Å²) in [6, 6.07) is 0. The van der Waals surface area contributed by atoms with E-state index in [0.29, 0.717) is 5.41 Å². The Morgan fingerprint density at radius 1 is 1.41 bits per heavy atom. The Labute approximate surface area is 109 Å². The summed E-state index contributed by atoms with van der Waals surface area (Å²) in [5.41, 5.74) is 0.593. The first-order valence-electron chi connectivity index (χ1n) is 7.55. The number of hydrogen-bond acceptors (Lipinski definition) is 0. The molecule has 17 heavy (non-hydrogen) atoms. The topological polar surface area (TPSA) is 0 Å². The summed E-state index contributed by atoms with van der Waals surface area (Å²) in [4.78, 5) is 0. The van der Waals surface area contributed by atoms with Crippen LogP contribution >= 0.6 is 0 Å². The van der Waals surface area contributed by atoms with Crippen LogP contribution in [0.4, 0.5) is 0 Å². The molecule has 5 atom stereocenters. The Morgan fingerprint density at radius 3 is 2.53 bits per heavy atom. The van der Waals surface area contributed by atoms with Gasteiger partial charge >= 0.3 is 109 Å². The Kier molecular flexibility index (Phi) is 5.47. The van der Waals surface area contributed by atoms with Crippen LogP contribution < -0.4 is 0 Å². The van der Waals surface area contributed by atoms with Gasteiger partial charge in [-0.1, -0.05) is 0 Å². The van der Waals surface area contributed by atoms with Crippen molar-refractivity contribution in [2.45, 2.75) is 66.6 Å². The van der Waals surface area contributed by atoms with Crippen molar-refractivity contribution < 1.29 is 0 Å². The van der Waals surface area contributed by atoms with Gasteiger partial charge in [0, 0.05) is 0 Å². The molecule has 1 rings (SSSR count). The molecule has 0 nitrogen and oxygen atoms in total. The average Bonchev–Trinajstić information content (AvgIpc) is 2.52. The van der Waals surface area contributed by atoms with Crippen molar-refractivity contribution in [3.63, 3.8) is 0 Å². The monoisotopic (exact) mass is 234 g/mol. The van der Waals surface area contributed by atoms with Gasteiger partial charge in [-0.3, -0.25) is 0 Å². The second-order valence-electron chi connectivity index (χ2n) is 6.84. The van der Waals surface area contributed by atoms with E-state index < -0.39 is 0 Å². The molecule has 0 amide bonds. The Hall–Kier alpha value is -0.0651. The van der Waals surface area contributed by atoms with Crippen molar-refractivity contribution in [3.05, 3.63) is 0 Å². The van der Waals surface area contributed by atoms with Crippen LogP contribution in [0, 0.1) is 29.1 Å². The van der Waals surface area contributed by atoms with Gasteiger partial charge in [-0.2, -0.15) is 0 Å². The summed E-state index contributed by atoms with van der Waals surface area (Å²) < 4.78 is 0. The zero-order valence-electron chi connectivity index (χ0n) is 12.6. The fraction of sp³-hybridized carbons (Fsp3) is 0.938. The van der Waals surface area contributed by atoms with Crippen LogP contribution in [0.25, 0.3) is 0 Å². The van der Waals surface area contributed by atoms with Gasteiger partial charge in [-0.25, -0.2) is 0 Å².